The summed E-state index contributed by atoms with van der Waals surface area (Å²) in [5, 5.41) is 0. The Morgan fingerprint density at radius 3 is 1.85 bits per heavy atom. The van der Waals surface area contributed by atoms with Crippen molar-refractivity contribution in [1.82, 2.24) is 4.72 Å². The summed E-state index contributed by atoms with van der Waals surface area (Å²) in [4.78, 5) is 0.477. The van der Waals surface area contributed by atoms with Gasteiger partial charge in [-0.25, -0.2) is 13.1 Å². The fraction of sp³-hybridized carbons (Fsp3) is 0.714. The Balaban J connectivity index is 2.57. The molecule has 0 spiro atoms. The number of nitrogens with two attached hydrogens (primary N) is 1. The highest BCUT2D eigenvalue weighted by Crippen LogP contribution is 2.35. The summed E-state index contributed by atoms with van der Waals surface area (Å²) in [6.07, 6.45) is 3.81. The first-order chi connectivity index (χ1) is 12.0. The lowest BCUT2D eigenvalue weighted by Gasteiger charge is -2.30. The second-order valence-corrected chi connectivity index (χ2v) is 10.3. The van der Waals surface area contributed by atoms with Crippen LogP contribution < -0.4 is 10.5 Å². The first-order valence-electron chi connectivity index (χ1n) is 10.00. The van der Waals surface area contributed by atoms with Gasteiger partial charge in [-0.15, -0.1) is 0 Å². The van der Waals surface area contributed by atoms with Crippen LogP contribution in [-0.2, 0) is 10.0 Å². The lowest BCUT2D eigenvalue weighted by Crippen LogP contribution is -2.49. The Labute approximate surface area is 160 Å². The molecule has 1 aromatic carbocycles. The largest absolute Gasteiger partial charge is 0.326 e. The van der Waals surface area contributed by atoms with Crippen LogP contribution in [0.2, 0.25) is 0 Å². The van der Waals surface area contributed by atoms with E-state index in [1.807, 2.05) is 0 Å². The van der Waals surface area contributed by atoms with Gasteiger partial charge in [-0.3, -0.25) is 0 Å². The Morgan fingerprint density at radius 2 is 1.42 bits per heavy atom. The lowest BCUT2D eigenvalue weighted by molar-refractivity contribution is 0.361. The summed E-state index contributed by atoms with van der Waals surface area (Å²) in [5.74, 6) is 0.636. The smallest absolute Gasteiger partial charge is 0.241 e. The summed E-state index contributed by atoms with van der Waals surface area (Å²) >= 11 is 0. The van der Waals surface area contributed by atoms with E-state index in [-0.39, 0.29) is 23.9 Å². The summed E-state index contributed by atoms with van der Waals surface area (Å²) in [6, 6.07) is 3.89. The third-order valence-corrected chi connectivity index (χ3v) is 7.10. The molecule has 1 saturated carbocycles. The van der Waals surface area contributed by atoms with Gasteiger partial charge in [0.25, 0.3) is 0 Å². The van der Waals surface area contributed by atoms with E-state index < -0.39 is 10.0 Å². The zero-order valence-electron chi connectivity index (χ0n) is 17.2. The molecule has 1 fully saturated rings. The molecule has 2 atom stereocenters. The van der Waals surface area contributed by atoms with Gasteiger partial charge >= 0.3 is 0 Å². The van der Waals surface area contributed by atoms with Crippen LogP contribution >= 0.6 is 0 Å². The molecule has 26 heavy (non-hydrogen) atoms. The summed E-state index contributed by atoms with van der Waals surface area (Å²) in [7, 11) is -3.62. The molecule has 0 radical (unpaired) electrons. The minimum absolute atomic E-state index is 0.0986. The zero-order valence-corrected chi connectivity index (χ0v) is 18.0. The molecule has 0 aromatic heterocycles. The maximum Gasteiger partial charge on any atom is 0.241 e. The average molecular weight is 381 g/mol. The monoisotopic (exact) mass is 380 g/mol. The van der Waals surface area contributed by atoms with Crippen molar-refractivity contribution in [1.29, 1.82) is 0 Å². The first kappa shape index (κ1) is 21.4. The molecular formula is C21H36N2O2S. The molecule has 0 bridgehead atoms. The number of hydrogen-bond acceptors (Lipinski definition) is 3. The van der Waals surface area contributed by atoms with Crippen molar-refractivity contribution in [3.63, 3.8) is 0 Å². The number of hydrogen-bond donors (Lipinski definition) is 2. The first-order valence-corrected chi connectivity index (χ1v) is 11.5. The summed E-state index contributed by atoms with van der Waals surface area (Å²) in [5.41, 5.74) is 9.22. The predicted octanol–water partition coefficient (Wildman–Crippen LogP) is 4.61. The van der Waals surface area contributed by atoms with Gasteiger partial charge in [0.05, 0.1) is 4.90 Å². The van der Waals surface area contributed by atoms with E-state index >= 15 is 0 Å². The highest BCUT2D eigenvalue weighted by Gasteiger charge is 2.31. The van der Waals surface area contributed by atoms with E-state index in [1.165, 1.54) is 5.56 Å². The maximum atomic E-state index is 13.4. The van der Waals surface area contributed by atoms with Gasteiger partial charge in [0.2, 0.25) is 10.0 Å². The van der Waals surface area contributed by atoms with Gasteiger partial charge < -0.3 is 5.73 Å². The van der Waals surface area contributed by atoms with Crippen LogP contribution in [0.3, 0.4) is 0 Å². The van der Waals surface area contributed by atoms with Crippen LogP contribution in [0.25, 0.3) is 0 Å². The molecule has 0 heterocycles. The van der Waals surface area contributed by atoms with E-state index in [1.54, 1.807) is 0 Å². The molecule has 0 aliphatic heterocycles. The maximum absolute atomic E-state index is 13.4. The topological polar surface area (TPSA) is 72.2 Å². The lowest BCUT2D eigenvalue weighted by atomic mass is 9.89. The van der Waals surface area contributed by atoms with Crippen molar-refractivity contribution >= 4 is 10.0 Å². The predicted molar refractivity (Wildman–Crippen MR) is 109 cm³/mol. The highest BCUT2D eigenvalue weighted by molar-refractivity contribution is 7.89. The quantitative estimate of drug-likeness (QED) is 0.757. The molecule has 0 amide bonds. The van der Waals surface area contributed by atoms with Crippen LogP contribution in [0.5, 0.6) is 0 Å². The standard InChI is InChI=1S/C21H36N2O2S/c1-13(2)16-11-17(14(3)4)21(18(12-16)15(5)6)26(24,25)23-20-10-8-7-9-19(20)22/h11-15,19-20,23H,7-10,22H2,1-6H3. The zero-order chi connectivity index (χ0) is 19.6. The third-order valence-electron chi connectivity index (χ3n) is 5.47. The molecule has 2 rings (SSSR count). The van der Waals surface area contributed by atoms with Gasteiger partial charge in [-0.1, -0.05) is 66.5 Å². The van der Waals surface area contributed by atoms with Gasteiger partial charge in [0, 0.05) is 12.1 Å². The minimum Gasteiger partial charge on any atom is -0.326 e. The van der Waals surface area contributed by atoms with E-state index in [0.29, 0.717) is 10.8 Å². The van der Waals surface area contributed by atoms with Crippen LogP contribution in [0.1, 0.15) is 102 Å². The molecule has 4 nitrogen and oxygen atoms in total. The Kier molecular flexibility index (Phi) is 6.92. The number of sulfonamides is 1. The molecule has 3 N–H and O–H groups in total. The van der Waals surface area contributed by atoms with Gasteiger partial charge in [-0.05, 0) is 47.3 Å². The van der Waals surface area contributed by atoms with E-state index in [0.717, 1.165) is 36.8 Å². The number of benzene rings is 1. The van der Waals surface area contributed by atoms with E-state index in [4.69, 9.17) is 5.73 Å². The van der Waals surface area contributed by atoms with Gasteiger partial charge in [0.1, 0.15) is 0 Å². The molecule has 148 valence electrons. The third kappa shape index (κ3) is 4.68. The summed E-state index contributed by atoms with van der Waals surface area (Å²) in [6.45, 7) is 12.6. The SMILES string of the molecule is CC(C)c1cc(C(C)C)c(S(=O)(=O)NC2CCCCC2N)c(C(C)C)c1. The average Bonchev–Trinajstić information content (AvgIpc) is 2.55. The van der Waals surface area contributed by atoms with Crippen molar-refractivity contribution in [3.05, 3.63) is 28.8 Å². The number of nitrogens with one attached hydrogen (secondary N) is 1. The Bertz CT molecular complexity index is 695. The van der Waals surface area contributed by atoms with Crippen LogP contribution in [0, 0.1) is 0 Å². The molecule has 2 unspecified atom stereocenters. The van der Waals surface area contributed by atoms with E-state index in [9.17, 15) is 8.42 Å². The second-order valence-electron chi connectivity index (χ2n) is 8.67. The molecule has 1 aromatic rings. The van der Waals surface area contributed by atoms with Gasteiger partial charge in [-0.2, -0.15) is 0 Å². The van der Waals surface area contributed by atoms with Crippen molar-refractivity contribution in [3.8, 4) is 0 Å². The molecular weight excluding hydrogens is 344 g/mol. The number of rotatable bonds is 6. The molecule has 1 aliphatic carbocycles. The second kappa shape index (κ2) is 8.41. The van der Waals surface area contributed by atoms with Crippen molar-refractivity contribution in [2.75, 3.05) is 0 Å². The minimum atomic E-state index is -3.62. The molecule has 0 saturated heterocycles. The van der Waals surface area contributed by atoms with Crippen molar-refractivity contribution in [2.45, 2.75) is 102 Å². The van der Waals surface area contributed by atoms with Crippen molar-refractivity contribution < 1.29 is 8.42 Å². The molecule has 1 aliphatic rings. The van der Waals surface area contributed by atoms with Crippen LogP contribution in [-0.4, -0.2) is 20.5 Å². The highest BCUT2D eigenvalue weighted by atomic mass is 32.2. The van der Waals surface area contributed by atoms with Gasteiger partial charge in [0.15, 0.2) is 0 Å². The Morgan fingerprint density at radius 1 is 0.923 bits per heavy atom. The fourth-order valence-electron chi connectivity index (χ4n) is 3.76. The normalized spacial score (nSPS) is 21.8. The van der Waals surface area contributed by atoms with Crippen molar-refractivity contribution in [2.24, 2.45) is 5.73 Å². The van der Waals surface area contributed by atoms with E-state index in [2.05, 4.69) is 58.4 Å². The molecule has 5 heteroatoms. The van der Waals surface area contributed by atoms with Crippen LogP contribution in [0.15, 0.2) is 17.0 Å². The Hall–Kier alpha value is -0.910. The van der Waals surface area contributed by atoms with Crippen LogP contribution in [0.4, 0.5) is 0 Å². The summed E-state index contributed by atoms with van der Waals surface area (Å²) < 4.78 is 29.8. The fourth-order valence-corrected chi connectivity index (χ4v) is 5.78.